The average Bonchev–Trinajstić information content (AvgIpc) is 2.23. The largest absolute Gasteiger partial charge is 0.332 e. The smallest absolute Gasteiger partial charge is 0.238 e. The first-order chi connectivity index (χ1) is 7.84. The number of alkyl halides is 1. The molecule has 0 aliphatic heterocycles. The molecule has 0 heterocycles. The molecule has 0 saturated heterocycles. The van der Waals surface area contributed by atoms with Gasteiger partial charge in [-0.1, -0.05) is 12.1 Å². The van der Waals surface area contributed by atoms with Gasteiger partial charge in [-0.3, -0.25) is 4.79 Å². The van der Waals surface area contributed by atoms with Gasteiger partial charge in [-0.15, -0.1) is 11.6 Å². The van der Waals surface area contributed by atoms with Crippen molar-refractivity contribution in [3.8, 4) is 0 Å². The van der Waals surface area contributed by atoms with Crippen LogP contribution in [-0.2, 0) is 11.3 Å². The molecule has 2 nitrogen and oxygen atoms in total. The first-order valence-electron chi connectivity index (χ1n) is 5.45. The summed E-state index contributed by atoms with van der Waals surface area (Å²) in [5, 5.41) is 0. The van der Waals surface area contributed by atoms with Gasteiger partial charge in [-0.25, -0.2) is 4.39 Å². The number of carbonyl (C=O) groups excluding carboxylic acids is 1. The van der Waals surface area contributed by atoms with Crippen LogP contribution in [0.4, 0.5) is 4.39 Å². The Hall–Kier alpha value is -1.09. The van der Waals surface area contributed by atoms with Gasteiger partial charge in [0.1, 0.15) is 11.7 Å². The van der Waals surface area contributed by atoms with Gasteiger partial charge in [-0.05, 0) is 38.5 Å². The van der Waals surface area contributed by atoms with E-state index in [4.69, 9.17) is 11.6 Å². The highest BCUT2D eigenvalue weighted by atomic mass is 35.5. The van der Waals surface area contributed by atoms with E-state index in [1.54, 1.807) is 17.0 Å². The molecule has 94 valence electrons. The molecule has 1 aromatic carbocycles. The van der Waals surface area contributed by atoms with Crippen LogP contribution in [0.25, 0.3) is 0 Å². The third kappa shape index (κ3) is 4.00. The molecule has 0 aromatic heterocycles. The van der Waals surface area contributed by atoms with Crippen LogP contribution in [0, 0.1) is 5.82 Å². The Labute approximate surface area is 106 Å². The lowest BCUT2D eigenvalue weighted by Crippen LogP contribution is -2.45. The Morgan fingerprint density at radius 2 is 2.06 bits per heavy atom. The summed E-state index contributed by atoms with van der Waals surface area (Å²) in [5.41, 5.74) is 0.427. The minimum atomic E-state index is -0.335. The van der Waals surface area contributed by atoms with Gasteiger partial charge in [0.05, 0.1) is 0 Å². The number of nitrogens with zero attached hydrogens (tertiary/aromatic N) is 1. The van der Waals surface area contributed by atoms with Crippen molar-refractivity contribution >= 4 is 17.5 Å². The normalized spacial score (nSPS) is 11.4. The Kier molecular flexibility index (Phi) is 4.52. The highest BCUT2D eigenvalue weighted by molar-refractivity contribution is 6.27. The van der Waals surface area contributed by atoms with Gasteiger partial charge >= 0.3 is 0 Å². The first kappa shape index (κ1) is 14.0. The minimum absolute atomic E-state index is 0.0629. The summed E-state index contributed by atoms with van der Waals surface area (Å²) in [6.45, 7) is 6.15. The second-order valence-corrected chi connectivity index (χ2v) is 5.18. The van der Waals surface area contributed by atoms with E-state index in [1.807, 2.05) is 20.8 Å². The molecule has 0 spiro atoms. The van der Waals surface area contributed by atoms with Gasteiger partial charge in [0.15, 0.2) is 0 Å². The Morgan fingerprint density at radius 1 is 1.41 bits per heavy atom. The molecular weight excluding hydrogens is 241 g/mol. The van der Waals surface area contributed by atoms with E-state index in [1.165, 1.54) is 12.1 Å². The van der Waals surface area contributed by atoms with Crippen molar-refractivity contribution < 1.29 is 9.18 Å². The number of rotatable bonds is 3. The molecule has 4 heteroatoms. The molecule has 0 aliphatic rings. The number of halogens is 2. The second-order valence-electron chi connectivity index (χ2n) is 4.91. The van der Waals surface area contributed by atoms with Crippen molar-refractivity contribution in [2.45, 2.75) is 32.9 Å². The SMILES string of the molecule is CC(C)(C)N(Cc1cccc(F)c1)C(=O)CCl. The number of carbonyl (C=O) groups is 1. The maximum atomic E-state index is 13.1. The lowest BCUT2D eigenvalue weighted by molar-refractivity contribution is -0.133. The summed E-state index contributed by atoms with van der Waals surface area (Å²) in [5.74, 6) is -0.509. The Morgan fingerprint density at radius 3 is 2.53 bits per heavy atom. The monoisotopic (exact) mass is 257 g/mol. The van der Waals surface area contributed by atoms with Crippen LogP contribution in [-0.4, -0.2) is 22.2 Å². The molecule has 0 atom stereocenters. The van der Waals surface area contributed by atoms with E-state index < -0.39 is 0 Å². The highest BCUT2D eigenvalue weighted by Crippen LogP contribution is 2.18. The molecule has 1 rings (SSSR count). The molecule has 0 saturated carbocycles. The molecule has 0 fully saturated rings. The predicted octanol–water partition coefficient (Wildman–Crippen LogP) is 3.19. The number of benzene rings is 1. The number of hydrogen-bond donors (Lipinski definition) is 0. The van der Waals surface area contributed by atoms with E-state index >= 15 is 0 Å². The van der Waals surface area contributed by atoms with E-state index in [-0.39, 0.29) is 23.1 Å². The maximum Gasteiger partial charge on any atom is 0.238 e. The Bertz CT molecular complexity index is 401. The summed E-state index contributed by atoms with van der Waals surface area (Å²) >= 11 is 5.58. The zero-order valence-electron chi connectivity index (χ0n) is 10.3. The van der Waals surface area contributed by atoms with Crippen molar-refractivity contribution in [3.63, 3.8) is 0 Å². The molecule has 17 heavy (non-hydrogen) atoms. The van der Waals surface area contributed by atoms with Crippen LogP contribution in [0.3, 0.4) is 0 Å². The van der Waals surface area contributed by atoms with Crippen LogP contribution < -0.4 is 0 Å². The summed E-state index contributed by atoms with van der Waals surface area (Å²) < 4.78 is 13.1. The number of amides is 1. The summed E-state index contributed by atoms with van der Waals surface area (Å²) in [6, 6.07) is 6.24. The van der Waals surface area contributed by atoms with E-state index in [0.29, 0.717) is 6.54 Å². The van der Waals surface area contributed by atoms with Crippen LogP contribution in [0.1, 0.15) is 26.3 Å². The van der Waals surface area contributed by atoms with Crippen LogP contribution in [0.15, 0.2) is 24.3 Å². The fraction of sp³-hybridized carbons (Fsp3) is 0.462. The molecule has 0 radical (unpaired) electrons. The van der Waals surface area contributed by atoms with Crippen LogP contribution >= 0.6 is 11.6 Å². The number of hydrogen-bond acceptors (Lipinski definition) is 1. The zero-order chi connectivity index (χ0) is 13.1. The molecule has 1 amide bonds. The molecule has 1 aromatic rings. The third-order valence-corrected chi connectivity index (χ3v) is 2.68. The standard InChI is InChI=1S/C13H17ClFNO/c1-13(2,3)16(12(17)8-14)9-10-5-4-6-11(15)7-10/h4-7H,8-9H2,1-3H3. The highest BCUT2D eigenvalue weighted by Gasteiger charge is 2.25. The zero-order valence-corrected chi connectivity index (χ0v) is 11.1. The Balaban J connectivity index is 2.91. The van der Waals surface area contributed by atoms with Crippen molar-refractivity contribution in [1.29, 1.82) is 0 Å². The lowest BCUT2D eigenvalue weighted by Gasteiger charge is -2.35. The fourth-order valence-electron chi connectivity index (χ4n) is 1.59. The topological polar surface area (TPSA) is 20.3 Å². The quantitative estimate of drug-likeness (QED) is 0.762. The van der Waals surface area contributed by atoms with Gasteiger partial charge < -0.3 is 4.90 Å². The molecule has 0 aliphatic carbocycles. The van der Waals surface area contributed by atoms with Crippen molar-refractivity contribution in [1.82, 2.24) is 4.90 Å². The summed E-state index contributed by atoms with van der Waals surface area (Å²) in [4.78, 5) is 13.4. The third-order valence-electron chi connectivity index (χ3n) is 2.45. The van der Waals surface area contributed by atoms with Crippen molar-refractivity contribution in [2.75, 3.05) is 5.88 Å². The average molecular weight is 258 g/mol. The van der Waals surface area contributed by atoms with Gasteiger partial charge in [-0.2, -0.15) is 0 Å². The second kappa shape index (κ2) is 5.50. The van der Waals surface area contributed by atoms with E-state index in [0.717, 1.165) is 5.56 Å². The van der Waals surface area contributed by atoms with Gasteiger partial charge in [0, 0.05) is 12.1 Å². The van der Waals surface area contributed by atoms with Crippen LogP contribution in [0.5, 0.6) is 0 Å². The molecule has 0 N–H and O–H groups in total. The lowest BCUT2D eigenvalue weighted by atomic mass is 10.0. The minimum Gasteiger partial charge on any atom is -0.332 e. The molecular formula is C13H17ClFNO. The van der Waals surface area contributed by atoms with Gasteiger partial charge in [0.2, 0.25) is 5.91 Å². The van der Waals surface area contributed by atoms with Gasteiger partial charge in [0.25, 0.3) is 0 Å². The summed E-state index contributed by atoms with van der Waals surface area (Å²) in [7, 11) is 0. The van der Waals surface area contributed by atoms with Crippen molar-refractivity contribution in [2.24, 2.45) is 0 Å². The molecule has 0 unspecified atom stereocenters. The van der Waals surface area contributed by atoms with Crippen LogP contribution in [0.2, 0.25) is 0 Å². The van der Waals surface area contributed by atoms with Crippen molar-refractivity contribution in [3.05, 3.63) is 35.6 Å². The van der Waals surface area contributed by atoms with E-state index in [2.05, 4.69) is 0 Å². The fourth-order valence-corrected chi connectivity index (χ4v) is 1.73. The maximum absolute atomic E-state index is 13.1. The van der Waals surface area contributed by atoms with E-state index in [9.17, 15) is 9.18 Å². The predicted molar refractivity (Wildman–Crippen MR) is 67.4 cm³/mol. The summed E-state index contributed by atoms with van der Waals surface area (Å²) in [6.07, 6.45) is 0. The molecule has 0 bridgehead atoms. The first-order valence-corrected chi connectivity index (χ1v) is 5.99.